The summed E-state index contributed by atoms with van der Waals surface area (Å²) < 4.78 is 20.6. The van der Waals surface area contributed by atoms with Gasteiger partial charge in [0.05, 0.1) is 11.1 Å². The molecule has 0 atom stereocenters. The number of esters is 1. The van der Waals surface area contributed by atoms with Crippen molar-refractivity contribution in [2.24, 2.45) is 0 Å². The maximum absolute atomic E-state index is 13.5. The Morgan fingerprint density at radius 3 is 2.52 bits per heavy atom. The third kappa shape index (κ3) is 4.16. The van der Waals surface area contributed by atoms with E-state index in [1.54, 1.807) is 6.07 Å². The second kappa shape index (κ2) is 7.61. The van der Waals surface area contributed by atoms with Gasteiger partial charge in [-0.05, 0) is 44.9 Å². The Bertz CT molecular complexity index is 902. The van der Waals surface area contributed by atoms with E-state index in [2.05, 4.69) is 15.4 Å². The number of nitrogens with zero attached hydrogens (tertiary/aromatic N) is 1. The van der Waals surface area contributed by atoms with E-state index >= 15 is 0 Å². The van der Waals surface area contributed by atoms with Crippen LogP contribution in [0.15, 0.2) is 30.3 Å². The van der Waals surface area contributed by atoms with Gasteiger partial charge in [0.25, 0.3) is 11.8 Å². The van der Waals surface area contributed by atoms with Crippen molar-refractivity contribution in [1.29, 1.82) is 0 Å². The Hall–Kier alpha value is -3.16. The molecule has 2 aromatic rings. The van der Waals surface area contributed by atoms with Crippen LogP contribution in [-0.2, 0) is 9.53 Å². The van der Waals surface area contributed by atoms with Crippen LogP contribution in [-0.4, -0.2) is 29.0 Å². The summed E-state index contributed by atoms with van der Waals surface area (Å²) in [5.41, 5.74) is 6.17. The molecule has 0 bridgehead atoms. The molecule has 0 aliphatic heterocycles. The molecule has 3 rings (SSSR count). The van der Waals surface area contributed by atoms with E-state index in [-0.39, 0.29) is 5.56 Å². The minimum atomic E-state index is -0.805. The van der Waals surface area contributed by atoms with Gasteiger partial charge < -0.3 is 9.30 Å². The van der Waals surface area contributed by atoms with E-state index in [4.69, 9.17) is 4.74 Å². The molecule has 2 amide bonds. The molecule has 0 spiro atoms. The highest BCUT2D eigenvalue weighted by Gasteiger charge is 2.28. The second-order valence-corrected chi connectivity index (χ2v) is 6.44. The number of carbonyl (C=O) groups is 3. The average Bonchev–Trinajstić information content (AvgIpc) is 3.42. The van der Waals surface area contributed by atoms with Crippen molar-refractivity contribution in [3.8, 4) is 0 Å². The number of halogens is 1. The number of amides is 2. The van der Waals surface area contributed by atoms with Gasteiger partial charge >= 0.3 is 5.97 Å². The van der Waals surface area contributed by atoms with Gasteiger partial charge in [-0.15, -0.1) is 0 Å². The molecular formula is C19H20FN3O4. The van der Waals surface area contributed by atoms with Crippen molar-refractivity contribution in [2.45, 2.75) is 32.7 Å². The van der Waals surface area contributed by atoms with Gasteiger partial charge in [0.2, 0.25) is 0 Å². The first kappa shape index (κ1) is 18.6. The number of hydrogen-bond acceptors (Lipinski definition) is 4. The van der Waals surface area contributed by atoms with Crippen LogP contribution in [0, 0.1) is 19.7 Å². The summed E-state index contributed by atoms with van der Waals surface area (Å²) in [5, 5.41) is 0. The largest absolute Gasteiger partial charge is 0.452 e. The fourth-order valence-electron chi connectivity index (χ4n) is 2.96. The van der Waals surface area contributed by atoms with Crippen molar-refractivity contribution in [1.82, 2.24) is 15.4 Å². The number of carbonyl (C=O) groups excluding carboxylic acids is 3. The monoisotopic (exact) mass is 373 g/mol. The van der Waals surface area contributed by atoms with Crippen molar-refractivity contribution in [3.05, 3.63) is 58.7 Å². The van der Waals surface area contributed by atoms with E-state index in [0.29, 0.717) is 11.6 Å². The van der Waals surface area contributed by atoms with Crippen LogP contribution in [0.1, 0.15) is 51.0 Å². The Kier molecular flexibility index (Phi) is 5.25. The fourth-order valence-corrected chi connectivity index (χ4v) is 2.96. The molecule has 7 nitrogen and oxygen atoms in total. The van der Waals surface area contributed by atoms with Gasteiger partial charge in [0.1, 0.15) is 5.82 Å². The van der Waals surface area contributed by atoms with E-state index < -0.39 is 30.2 Å². The van der Waals surface area contributed by atoms with Gasteiger partial charge in [-0.3, -0.25) is 20.4 Å². The minimum absolute atomic E-state index is 0.206. The number of nitrogens with one attached hydrogen (secondary N) is 2. The van der Waals surface area contributed by atoms with Gasteiger partial charge in [-0.2, -0.15) is 0 Å². The van der Waals surface area contributed by atoms with Crippen LogP contribution in [0.3, 0.4) is 0 Å². The topological polar surface area (TPSA) is 89.4 Å². The lowest BCUT2D eigenvalue weighted by molar-refractivity contribution is -0.125. The van der Waals surface area contributed by atoms with E-state index in [9.17, 15) is 18.8 Å². The van der Waals surface area contributed by atoms with Crippen molar-refractivity contribution >= 4 is 17.8 Å². The highest BCUT2D eigenvalue weighted by Crippen LogP contribution is 2.38. The number of rotatable bonds is 5. The number of aryl methyl sites for hydroxylation is 1. The SMILES string of the molecule is Cc1cc(C(=O)OCC(=O)NNC(=O)c2ccccc2F)c(C)n1C1CC1. The Morgan fingerprint density at radius 1 is 1.15 bits per heavy atom. The van der Waals surface area contributed by atoms with E-state index in [1.807, 2.05) is 13.8 Å². The number of benzene rings is 1. The summed E-state index contributed by atoms with van der Waals surface area (Å²) in [5.74, 6) is -2.85. The van der Waals surface area contributed by atoms with Gasteiger partial charge in [0.15, 0.2) is 6.61 Å². The molecule has 2 N–H and O–H groups in total. The highest BCUT2D eigenvalue weighted by atomic mass is 19.1. The average molecular weight is 373 g/mol. The first-order valence-electron chi connectivity index (χ1n) is 8.57. The number of hydrazine groups is 1. The molecule has 1 aromatic carbocycles. The third-order valence-electron chi connectivity index (χ3n) is 4.38. The van der Waals surface area contributed by atoms with E-state index in [1.165, 1.54) is 18.2 Å². The maximum atomic E-state index is 13.5. The number of ether oxygens (including phenoxy) is 1. The Morgan fingerprint density at radius 2 is 1.85 bits per heavy atom. The Balaban J connectivity index is 1.51. The summed E-state index contributed by atoms with van der Waals surface area (Å²) in [6.45, 7) is 3.20. The molecule has 1 heterocycles. The highest BCUT2D eigenvalue weighted by molar-refractivity contribution is 5.96. The maximum Gasteiger partial charge on any atom is 0.340 e. The Labute approximate surface area is 155 Å². The van der Waals surface area contributed by atoms with Crippen LogP contribution in [0.4, 0.5) is 4.39 Å². The molecule has 1 aliphatic carbocycles. The normalized spacial score (nSPS) is 13.1. The zero-order valence-electron chi connectivity index (χ0n) is 15.0. The second-order valence-electron chi connectivity index (χ2n) is 6.44. The van der Waals surface area contributed by atoms with Gasteiger partial charge in [0, 0.05) is 17.4 Å². The van der Waals surface area contributed by atoms with Crippen molar-refractivity contribution < 1.29 is 23.5 Å². The quantitative estimate of drug-likeness (QED) is 0.621. The van der Waals surface area contributed by atoms with Gasteiger partial charge in [-0.1, -0.05) is 12.1 Å². The predicted octanol–water partition coefficient (Wildman–Crippen LogP) is 2.20. The number of hydrogen-bond donors (Lipinski definition) is 2. The molecule has 8 heteroatoms. The van der Waals surface area contributed by atoms with E-state index in [0.717, 1.165) is 30.3 Å². The molecule has 142 valence electrons. The molecule has 1 saturated carbocycles. The zero-order chi connectivity index (χ0) is 19.6. The molecule has 27 heavy (non-hydrogen) atoms. The lowest BCUT2D eigenvalue weighted by Crippen LogP contribution is -2.43. The smallest absolute Gasteiger partial charge is 0.340 e. The minimum Gasteiger partial charge on any atom is -0.452 e. The number of aromatic nitrogens is 1. The summed E-state index contributed by atoms with van der Waals surface area (Å²) >= 11 is 0. The summed E-state index contributed by atoms with van der Waals surface area (Å²) in [4.78, 5) is 35.8. The first-order chi connectivity index (χ1) is 12.9. The zero-order valence-corrected chi connectivity index (χ0v) is 15.0. The lowest BCUT2D eigenvalue weighted by atomic mass is 10.2. The van der Waals surface area contributed by atoms with Crippen LogP contribution in [0.2, 0.25) is 0 Å². The fraction of sp³-hybridized carbons (Fsp3) is 0.316. The first-order valence-corrected chi connectivity index (χ1v) is 8.57. The molecule has 1 fully saturated rings. The molecule has 1 aliphatic rings. The molecular weight excluding hydrogens is 353 g/mol. The van der Waals surface area contributed by atoms with Crippen LogP contribution in [0.5, 0.6) is 0 Å². The summed E-state index contributed by atoms with van der Waals surface area (Å²) in [7, 11) is 0. The lowest BCUT2D eigenvalue weighted by Gasteiger charge is -2.09. The summed E-state index contributed by atoms with van der Waals surface area (Å²) in [6, 6.07) is 7.55. The van der Waals surface area contributed by atoms with Crippen molar-refractivity contribution in [2.75, 3.05) is 6.61 Å². The van der Waals surface area contributed by atoms with Crippen molar-refractivity contribution in [3.63, 3.8) is 0 Å². The summed E-state index contributed by atoms with van der Waals surface area (Å²) in [6.07, 6.45) is 2.18. The molecule has 0 radical (unpaired) electrons. The standard InChI is InChI=1S/C19H20FN3O4/c1-11-9-15(12(2)23(11)13-7-8-13)19(26)27-10-17(24)21-22-18(25)14-5-3-4-6-16(14)20/h3-6,9,13H,7-8,10H2,1-2H3,(H,21,24)(H,22,25). The van der Waals surface area contributed by atoms with Gasteiger partial charge in [-0.25, -0.2) is 9.18 Å². The molecule has 0 saturated heterocycles. The molecule has 1 aromatic heterocycles. The third-order valence-corrected chi connectivity index (χ3v) is 4.38. The van der Waals surface area contributed by atoms with Crippen LogP contribution < -0.4 is 10.9 Å². The van der Waals surface area contributed by atoms with Crippen LogP contribution >= 0.6 is 0 Å². The van der Waals surface area contributed by atoms with Crippen LogP contribution in [0.25, 0.3) is 0 Å². The predicted molar refractivity (Wildman–Crippen MR) is 94.5 cm³/mol. The molecule has 0 unspecified atom stereocenters.